The highest BCUT2D eigenvalue weighted by Crippen LogP contribution is 2.45. The molecule has 17 nitrogen and oxygen atoms in total. The van der Waals surface area contributed by atoms with Crippen LogP contribution in [0, 0.1) is 11.8 Å². The molecule has 402 valence electrons. The summed E-state index contributed by atoms with van der Waals surface area (Å²) in [5.41, 5.74) is 11.9. The maximum atomic E-state index is 15.9. The number of benzene rings is 2. The monoisotopic (exact) mass is 1060 g/mol. The number of alkyl halides is 4. The number of piperidine rings is 2. The molecule has 13 rings (SSSR count). The topological polar surface area (TPSA) is 178 Å². The Morgan fingerprint density at radius 3 is 2.16 bits per heavy atom. The fourth-order valence-electron chi connectivity index (χ4n) is 12.9. The Kier molecular flexibility index (Phi) is 11.8. The lowest BCUT2D eigenvalue weighted by atomic mass is 9.88. The molecule has 5 aliphatic rings. The molecule has 3 N–H and O–H groups in total. The van der Waals surface area contributed by atoms with Gasteiger partial charge in [-0.25, -0.2) is 24.3 Å². The van der Waals surface area contributed by atoms with Gasteiger partial charge in [-0.05, 0) is 112 Å². The van der Waals surface area contributed by atoms with E-state index in [1.54, 1.807) is 45.7 Å². The molecule has 2 saturated heterocycles. The number of rotatable bonds is 13. The third-order valence-electron chi connectivity index (χ3n) is 17.0. The predicted molar refractivity (Wildman–Crippen MR) is 282 cm³/mol. The summed E-state index contributed by atoms with van der Waals surface area (Å²) in [5.74, 6) is 2.28. The Labute approximate surface area is 440 Å². The van der Waals surface area contributed by atoms with E-state index in [1.807, 2.05) is 32.2 Å². The van der Waals surface area contributed by atoms with Crippen molar-refractivity contribution in [2.45, 2.75) is 108 Å². The zero-order chi connectivity index (χ0) is 53.3. The first-order chi connectivity index (χ1) is 37.1. The highest BCUT2D eigenvalue weighted by molar-refractivity contribution is 6.02. The van der Waals surface area contributed by atoms with E-state index >= 15 is 4.39 Å². The highest BCUT2D eigenvalue weighted by Gasteiger charge is 2.47. The van der Waals surface area contributed by atoms with Gasteiger partial charge in [0.15, 0.2) is 11.6 Å². The minimum atomic E-state index is -4.60. The molecule has 0 spiro atoms. The molecule has 5 fully saturated rings. The van der Waals surface area contributed by atoms with Crippen LogP contribution < -0.4 is 20.5 Å². The fourth-order valence-corrected chi connectivity index (χ4v) is 12.9. The quantitative estimate of drug-likeness (QED) is 0.105. The van der Waals surface area contributed by atoms with E-state index in [1.165, 1.54) is 18.1 Å². The average Bonchev–Trinajstić information content (AvgIpc) is 4.03. The van der Waals surface area contributed by atoms with Gasteiger partial charge in [0.1, 0.15) is 45.7 Å². The third kappa shape index (κ3) is 8.24. The number of ether oxygens (including phenoxy) is 3. The van der Waals surface area contributed by atoms with Crippen LogP contribution in [0.2, 0.25) is 0 Å². The van der Waals surface area contributed by atoms with E-state index in [0.29, 0.717) is 87.7 Å². The van der Waals surface area contributed by atoms with Gasteiger partial charge in [0, 0.05) is 92.8 Å². The number of likely N-dealkylation sites (tertiary alicyclic amines) is 2. The molecule has 2 amide bonds. The summed E-state index contributed by atoms with van der Waals surface area (Å²) < 4.78 is 83.0. The Balaban J connectivity index is 0.789. The van der Waals surface area contributed by atoms with Crippen LogP contribution in [0.15, 0.2) is 60.8 Å². The number of hydrogen-bond acceptors (Lipinski definition) is 11. The van der Waals surface area contributed by atoms with Crippen LogP contribution in [0.1, 0.15) is 84.3 Å². The Hall–Kier alpha value is -7.26. The van der Waals surface area contributed by atoms with Crippen LogP contribution in [0.25, 0.3) is 67.2 Å². The fraction of sp³-hybridized carbons (Fsp3) is 0.464. The molecule has 0 unspecified atom stereocenters. The van der Waals surface area contributed by atoms with Gasteiger partial charge in [0.05, 0.1) is 61.2 Å². The second-order valence-corrected chi connectivity index (χ2v) is 21.8. The molecule has 2 aromatic carbocycles. The zero-order valence-electron chi connectivity index (χ0n) is 43.5. The predicted octanol–water partition coefficient (Wildman–Crippen LogP) is 9.00. The van der Waals surface area contributed by atoms with Crippen LogP contribution >= 0.6 is 0 Å². The van der Waals surface area contributed by atoms with E-state index in [0.717, 1.165) is 72.7 Å². The van der Waals surface area contributed by atoms with Crippen molar-refractivity contribution in [2.75, 3.05) is 46.3 Å². The minimum Gasteiger partial charge on any atom is -0.494 e. The standard InChI is InChI=1S/C56H60F4N12O5/c1-6-69-43(53-65-40-15-33(55(74)71-25-30-9-11-41(71)47(30)61)19-45(77-5)49(40)72(53)37-21-38(22-37)75-3)17-31-13-35(23-62-50(31)69)63-36-20-34(57)26-68(27-36)54(73)32-14-39-48(44(18-32)76-4)67(2)52(64-39)42-16-29-10-12-46(56(58,59)60)66-51(29)70(42)24-28-7-8-28/h10,12-19,23,28,30,34,36-38,41,47,63H,6-9,11,20-22,24-27,61H2,1-5H3/t30-,34-,36-,37?,38?,41-,47-/m1/s1. The number of aromatic nitrogens is 8. The summed E-state index contributed by atoms with van der Waals surface area (Å²) in [6.45, 7) is 3.87. The first kappa shape index (κ1) is 49.3. The smallest absolute Gasteiger partial charge is 0.433 e. The number of fused-ring (bicyclic) bond motifs is 6. The molecule has 2 aliphatic heterocycles. The molecular formula is C56H60F4N12O5. The number of pyridine rings is 2. The first-order valence-electron chi connectivity index (χ1n) is 26.6. The van der Waals surface area contributed by atoms with Crippen molar-refractivity contribution in [3.05, 3.63) is 77.6 Å². The van der Waals surface area contributed by atoms with Crippen molar-refractivity contribution in [1.82, 2.24) is 48.0 Å². The molecule has 21 heteroatoms. The van der Waals surface area contributed by atoms with Crippen molar-refractivity contribution in [1.29, 1.82) is 0 Å². The van der Waals surface area contributed by atoms with Gasteiger partial charge in [-0.1, -0.05) is 0 Å². The molecule has 77 heavy (non-hydrogen) atoms. The van der Waals surface area contributed by atoms with Crippen LogP contribution in [-0.4, -0.2) is 131 Å². The van der Waals surface area contributed by atoms with E-state index in [-0.39, 0.29) is 60.9 Å². The maximum Gasteiger partial charge on any atom is 0.433 e. The first-order valence-corrected chi connectivity index (χ1v) is 26.6. The number of anilines is 1. The largest absolute Gasteiger partial charge is 0.494 e. The molecule has 3 aliphatic carbocycles. The van der Waals surface area contributed by atoms with E-state index in [9.17, 15) is 22.8 Å². The van der Waals surface area contributed by atoms with Crippen molar-refractivity contribution >= 4 is 61.6 Å². The summed E-state index contributed by atoms with van der Waals surface area (Å²) >= 11 is 0. The number of carbonyl (C=O) groups excluding carboxylic acids is 2. The summed E-state index contributed by atoms with van der Waals surface area (Å²) in [7, 11) is 6.64. The number of hydrogen-bond donors (Lipinski definition) is 2. The van der Waals surface area contributed by atoms with Gasteiger partial charge < -0.3 is 53.3 Å². The van der Waals surface area contributed by atoms with Gasteiger partial charge in [-0.15, -0.1) is 0 Å². The number of methoxy groups -OCH3 is 3. The van der Waals surface area contributed by atoms with E-state index in [2.05, 4.69) is 32.4 Å². The molecule has 8 heterocycles. The Morgan fingerprint density at radius 2 is 1.48 bits per heavy atom. The molecule has 6 aromatic heterocycles. The van der Waals surface area contributed by atoms with Crippen molar-refractivity contribution in [2.24, 2.45) is 24.6 Å². The molecule has 2 bridgehead atoms. The number of carbonyl (C=O) groups is 2. The van der Waals surface area contributed by atoms with E-state index in [4.69, 9.17) is 34.9 Å². The lowest BCUT2D eigenvalue weighted by molar-refractivity contribution is -0.141. The SMILES string of the molecule is CCn1c(-c2nc3cc(C(=O)N4C[C@H]5CC[C@@H]4[C@@H]5N)cc(OC)c3n2C2CC(OC)C2)cc2cc(N[C@@H]3C[C@@H](F)CN(C(=O)c4cc(OC)c5c(c4)nc(-c4cc6ccc(C(F)(F)F)nc6n4CC4CC4)n5C)C3)cnc21. The number of nitrogens with two attached hydrogens (primary N) is 1. The van der Waals surface area contributed by atoms with Gasteiger partial charge in [-0.3, -0.25) is 9.59 Å². The van der Waals surface area contributed by atoms with Gasteiger partial charge >= 0.3 is 6.18 Å². The van der Waals surface area contributed by atoms with Crippen LogP contribution in [-0.2, 0) is 31.1 Å². The summed E-state index contributed by atoms with van der Waals surface area (Å²) in [6, 6.07) is 14.9. The number of amides is 2. The number of aryl methyl sites for hydroxylation is 2. The van der Waals surface area contributed by atoms with Crippen LogP contribution in [0.4, 0.5) is 23.2 Å². The van der Waals surface area contributed by atoms with Gasteiger partial charge in [0.25, 0.3) is 11.8 Å². The average molecular weight is 1060 g/mol. The minimum absolute atomic E-state index is 0.0105. The molecule has 0 radical (unpaired) electrons. The lowest BCUT2D eigenvalue weighted by Crippen LogP contribution is -2.49. The summed E-state index contributed by atoms with van der Waals surface area (Å²) in [4.78, 5) is 51.3. The summed E-state index contributed by atoms with van der Waals surface area (Å²) in [5, 5.41) is 4.88. The van der Waals surface area contributed by atoms with Crippen LogP contribution in [0.5, 0.6) is 11.5 Å². The molecule has 8 aromatic rings. The number of imidazole rings is 2. The zero-order valence-corrected chi connectivity index (χ0v) is 43.5. The Morgan fingerprint density at radius 1 is 0.779 bits per heavy atom. The lowest BCUT2D eigenvalue weighted by Gasteiger charge is -2.36. The number of nitrogens with zero attached hydrogens (tertiary/aromatic N) is 10. The number of nitrogens with one attached hydrogen (secondary N) is 1. The van der Waals surface area contributed by atoms with Crippen molar-refractivity contribution < 1.29 is 41.4 Å². The molecule has 5 atom stereocenters. The highest BCUT2D eigenvalue weighted by atomic mass is 19.4. The van der Waals surface area contributed by atoms with Crippen molar-refractivity contribution in [3.63, 3.8) is 0 Å². The second-order valence-electron chi connectivity index (χ2n) is 21.8. The molecule has 3 saturated carbocycles. The van der Waals surface area contributed by atoms with Crippen molar-refractivity contribution in [3.8, 4) is 34.5 Å². The normalized spacial score (nSPS) is 23.5. The van der Waals surface area contributed by atoms with Gasteiger partial charge in [-0.2, -0.15) is 13.2 Å². The molecular weight excluding hydrogens is 997 g/mol. The number of halogens is 4. The van der Waals surface area contributed by atoms with Crippen LogP contribution in [0.3, 0.4) is 0 Å². The second kappa shape index (κ2) is 18.5. The van der Waals surface area contributed by atoms with E-state index < -0.39 is 30.0 Å². The summed E-state index contributed by atoms with van der Waals surface area (Å²) in [6.07, 6.45) is 1.50. The maximum absolute atomic E-state index is 15.9. The Bertz CT molecular complexity index is 3680. The van der Waals surface area contributed by atoms with Gasteiger partial charge in [0.2, 0.25) is 0 Å². The third-order valence-corrected chi connectivity index (χ3v) is 17.0.